The first-order valence-electron chi connectivity index (χ1n) is 8.66. The lowest BCUT2D eigenvalue weighted by molar-refractivity contribution is 0.258. The smallest absolute Gasteiger partial charge is 0.0517 e. The molecule has 2 heteroatoms. The van der Waals surface area contributed by atoms with E-state index >= 15 is 0 Å². The molecule has 1 aromatic rings. The normalized spacial score (nSPS) is 25.0. The highest BCUT2D eigenvalue weighted by molar-refractivity contribution is 9.09. The van der Waals surface area contributed by atoms with Crippen LogP contribution >= 0.6 is 27.3 Å². The van der Waals surface area contributed by atoms with Gasteiger partial charge in [0.1, 0.15) is 0 Å². The number of halogens is 1. The largest absolute Gasteiger partial charge is 0.144 e. The van der Waals surface area contributed by atoms with Crippen LogP contribution in [0, 0.1) is 11.8 Å². The fourth-order valence-corrected chi connectivity index (χ4v) is 5.50. The molecule has 1 fully saturated rings. The maximum absolute atomic E-state index is 4.01. The molecule has 0 N–H and O–H groups in total. The molecule has 0 bridgehead atoms. The van der Waals surface area contributed by atoms with Gasteiger partial charge in [-0.3, -0.25) is 0 Å². The fraction of sp³-hybridized carbons (Fsp3) is 0.789. The molecule has 2 rings (SSSR count). The summed E-state index contributed by atoms with van der Waals surface area (Å²) in [6.07, 6.45) is 9.96. The highest BCUT2D eigenvalue weighted by Gasteiger charge is 2.28. The van der Waals surface area contributed by atoms with Crippen LogP contribution in [0.1, 0.15) is 87.2 Å². The molecule has 0 spiro atoms. The lowest BCUT2D eigenvalue weighted by Gasteiger charge is -2.31. The molecule has 1 aliphatic carbocycles. The predicted octanol–water partition coefficient (Wildman–Crippen LogP) is 7.48. The number of thiophene rings is 1. The first-order chi connectivity index (χ1) is 9.91. The summed E-state index contributed by atoms with van der Waals surface area (Å²) in [6.45, 7) is 9.24. The average Bonchev–Trinajstić information content (AvgIpc) is 2.95. The fourth-order valence-electron chi connectivity index (χ4n) is 3.40. The molecule has 0 aromatic carbocycles. The molecule has 1 aliphatic rings. The van der Waals surface area contributed by atoms with E-state index in [0.29, 0.717) is 4.83 Å². The molecule has 21 heavy (non-hydrogen) atoms. The van der Waals surface area contributed by atoms with E-state index < -0.39 is 0 Å². The Balaban J connectivity index is 1.90. The second-order valence-corrected chi connectivity index (χ2v) is 9.88. The molecule has 0 amide bonds. The van der Waals surface area contributed by atoms with E-state index in [1.54, 1.807) is 0 Å². The average molecular weight is 371 g/mol. The topological polar surface area (TPSA) is 0 Å². The Labute approximate surface area is 143 Å². The van der Waals surface area contributed by atoms with Crippen LogP contribution in [0.15, 0.2) is 12.1 Å². The number of hydrogen-bond acceptors (Lipinski definition) is 1. The van der Waals surface area contributed by atoms with Gasteiger partial charge in [0.05, 0.1) is 4.83 Å². The van der Waals surface area contributed by atoms with Gasteiger partial charge in [0.25, 0.3) is 0 Å². The van der Waals surface area contributed by atoms with E-state index in [-0.39, 0.29) is 5.41 Å². The van der Waals surface area contributed by atoms with Crippen LogP contribution in [0.5, 0.6) is 0 Å². The Morgan fingerprint density at radius 1 is 1.19 bits per heavy atom. The maximum Gasteiger partial charge on any atom is 0.0517 e. The minimum Gasteiger partial charge on any atom is -0.144 e. The van der Waals surface area contributed by atoms with Gasteiger partial charge in [-0.05, 0) is 42.2 Å². The second kappa shape index (κ2) is 7.64. The molecule has 0 saturated heterocycles. The van der Waals surface area contributed by atoms with Crippen LogP contribution < -0.4 is 0 Å². The Hall–Kier alpha value is 0.180. The van der Waals surface area contributed by atoms with Gasteiger partial charge in [-0.15, -0.1) is 11.3 Å². The van der Waals surface area contributed by atoms with Crippen molar-refractivity contribution in [3.8, 4) is 0 Å². The molecule has 1 saturated carbocycles. The molecular weight excluding hydrogens is 340 g/mol. The summed E-state index contributed by atoms with van der Waals surface area (Å²) in [6, 6.07) is 4.69. The van der Waals surface area contributed by atoms with Gasteiger partial charge >= 0.3 is 0 Å². The van der Waals surface area contributed by atoms with Crippen molar-refractivity contribution in [3.63, 3.8) is 0 Å². The van der Waals surface area contributed by atoms with E-state index in [1.807, 2.05) is 11.3 Å². The van der Waals surface area contributed by atoms with Crippen molar-refractivity contribution >= 4 is 27.3 Å². The second-order valence-electron chi connectivity index (χ2n) is 7.78. The van der Waals surface area contributed by atoms with Crippen molar-refractivity contribution < 1.29 is 0 Å². The third-order valence-corrected chi connectivity index (χ3v) is 8.05. The van der Waals surface area contributed by atoms with Crippen LogP contribution in [-0.4, -0.2) is 0 Å². The van der Waals surface area contributed by atoms with Crippen molar-refractivity contribution in [3.05, 3.63) is 21.9 Å². The van der Waals surface area contributed by atoms with Crippen molar-refractivity contribution in [2.24, 2.45) is 11.8 Å². The summed E-state index contributed by atoms with van der Waals surface area (Å²) in [7, 11) is 0. The molecule has 0 aliphatic heterocycles. The summed E-state index contributed by atoms with van der Waals surface area (Å²) in [5.41, 5.74) is 0.285. The van der Waals surface area contributed by atoms with E-state index in [2.05, 4.69) is 55.8 Å². The Bertz CT molecular complexity index is 421. The van der Waals surface area contributed by atoms with E-state index in [4.69, 9.17) is 0 Å². The predicted molar refractivity (Wildman–Crippen MR) is 99.7 cm³/mol. The number of hydrogen-bond donors (Lipinski definition) is 0. The molecule has 1 unspecified atom stereocenters. The van der Waals surface area contributed by atoms with Crippen molar-refractivity contribution in [1.82, 2.24) is 0 Å². The molecule has 0 radical (unpaired) electrons. The summed E-state index contributed by atoms with van der Waals surface area (Å²) < 4.78 is 0. The van der Waals surface area contributed by atoms with Crippen LogP contribution in [0.4, 0.5) is 0 Å². The van der Waals surface area contributed by atoms with Crippen LogP contribution in [0.3, 0.4) is 0 Å². The van der Waals surface area contributed by atoms with Gasteiger partial charge in [-0.2, -0.15) is 0 Å². The van der Waals surface area contributed by atoms with Crippen LogP contribution in [0.2, 0.25) is 0 Å². The summed E-state index contributed by atoms with van der Waals surface area (Å²) in [4.78, 5) is 3.63. The van der Waals surface area contributed by atoms with E-state index in [9.17, 15) is 0 Å². The van der Waals surface area contributed by atoms with Gasteiger partial charge in [-0.1, -0.05) is 75.7 Å². The number of unbranched alkanes of at least 4 members (excludes halogenated alkanes) is 1. The lowest BCUT2D eigenvalue weighted by atomic mass is 9.78. The van der Waals surface area contributed by atoms with Crippen LogP contribution in [0.25, 0.3) is 0 Å². The SMILES string of the molecule is CCCCC1CCC(C(Br)c2ccc(C(C)(C)C)s2)CC1. The Morgan fingerprint density at radius 2 is 1.86 bits per heavy atom. The van der Waals surface area contributed by atoms with Gasteiger partial charge in [0.2, 0.25) is 0 Å². The summed E-state index contributed by atoms with van der Waals surface area (Å²) >= 11 is 6.02. The van der Waals surface area contributed by atoms with Crippen molar-refractivity contribution in [2.75, 3.05) is 0 Å². The summed E-state index contributed by atoms with van der Waals surface area (Å²) in [5, 5.41) is 0. The maximum atomic E-state index is 4.01. The highest BCUT2D eigenvalue weighted by Crippen LogP contribution is 2.45. The summed E-state index contributed by atoms with van der Waals surface area (Å²) in [5.74, 6) is 1.85. The number of rotatable bonds is 5. The Kier molecular flexibility index (Phi) is 6.38. The van der Waals surface area contributed by atoms with Gasteiger partial charge in [-0.25, -0.2) is 0 Å². The molecule has 1 heterocycles. The molecule has 1 atom stereocenters. The lowest BCUT2D eigenvalue weighted by Crippen LogP contribution is -2.17. The van der Waals surface area contributed by atoms with Crippen molar-refractivity contribution in [2.45, 2.75) is 82.9 Å². The van der Waals surface area contributed by atoms with E-state index in [0.717, 1.165) is 11.8 Å². The monoisotopic (exact) mass is 370 g/mol. The van der Waals surface area contributed by atoms with Crippen LogP contribution in [-0.2, 0) is 5.41 Å². The third-order valence-electron chi connectivity index (χ3n) is 4.91. The number of alkyl halides is 1. The zero-order valence-corrected chi connectivity index (χ0v) is 16.5. The molecule has 0 nitrogen and oxygen atoms in total. The zero-order chi connectivity index (χ0) is 15.5. The highest BCUT2D eigenvalue weighted by atomic mass is 79.9. The van der Waals surface area contributed by atoms with E-state index in [1.165, 1.54) is 54.7 Å². The standard InChI is InChI=1S/C19H31BrS/c1-5-6-7-14-8-10-15(11-9-14)18(20)16-12-13-17(21-16)19(2,3)4/h12-15,18H,5-11H2,1-4H3. The van der Waals surface area contributed by atoms with Gasteiger partial charge in [0, 0.05) is 9.75 Å². The Morgan fingerprint density at radius 3 is 2.38 bits per heavy atom. The third kappa shape index (κ3) is 4.82. The van der Waals surface area contributed by atoms with Gasteiger partial charge < -0.3 is 0 Å². The molecular formula is C19H31BrS. The minimum atomic E-state index is 0.285. The van der Waals surface area contributed by atoms with Crippen molar-refractivity contribution in [1.29, 1.82) is 0 Å². The molecule has 1 aromatic heterocycles. The molecule has 120 valence electrons. The quantitative estimate of drug-likeness (QED) is 0.471. The first-order valence-corrected chi connectivity index (χ1v) is 10.4. The van der Waals surface area contributed by atoms with Gasteiger partial charge in [0.15, 0.2) is 0 Å². The zero-order valence-electron chi connectivity index (χ0n) is 14.1. The first kappa shape index (κ1) is 17.5. The minimum absolute atomic E-state index is 0.285.